The Kier molecular flexibility index (Phi) is 4.15. The number of aromatic nitrogens is 1. The zero-order chi connectivity index (χ0) is 21.5. The molecule has 2 aromatic rings. The SMILES string of the molecule is CCC1CN(C(=O)C2CC3CC2C2C3C2(F)F)CCC1Nc1nc2cc(F)ccc2o1. The Balaban J connectivity index is 1.12. The number of hydrogen-bond donors (Lipinski definition) is 1. The Morgan fingerprint density at radius 1 is 1.32 bits per heavy atom. The molecule has 2 bridgehead atoms. The van der Waals surface area contributed by atoms with Crippen LogP contribution in [0.15, 0.2) is 22.6 Å². The van der Waals surface area contributed by atoms with Gasteiger partial charge in [0.25, 0.3) is 11.9 Å². The first-order valence-corrected chi connectivity index (χ1v) is 11.4. The summed E-state index contributed by atoms with van der Waals surface area (Å²) in [5.74, 6) is -3.95. The minimum Gasteiger partial charge on any atom is -0.424 e. The van der Waals surface area contributed by atoms with Crippen LogP contribution in [0.2, 0.25) is 0 Å². The third-order valence-corrected chi connectivity index (χ3v) is 8.33. The lowest BCUT2D eigenvalue weighted by Gasteiger charge is -2.40. The van der Waals surface area contributed by atoms with Gasteiger partial charge in [0.2, 0.25) is 5.91 Å². The maximum absolute atomic E-state index is 14.0. The number of likely N-dealkylation sites (tertiary alicyclic amines) is 1. The van der Waals surface area contributed by atoms with Crippen LogP contribution in [0.1, 0.15) is 32.6 Å². The molecule has 8 heteroatoms. The van der Waals surface area contributed by atoms with Crippen molar-refractivity contribution >= 4 is 23.0 Å². The van der Waals surface area contributed by atoms with E-state index in [9.17, 15) is 18.0 Å². The van der Waals surface area contributed by atoms with Gasteiger partial charge in [-0.15, -0.1) is 0 Å². The van der Waals surface area contributed by atoms with Crippen LogP contribution in [0, 0.1) is 41.3 Å². The third kappa shape index (κ3) is 2.89. The van der Waals surface area contributed by atoms with E-state index in [4.69, 9.17) is 4.42 Å². The molecule has 1 aromatic carbocycles. The normalized spacial score (nSPS) is 37.8. The number of nitrogens with one attached hydrogen (secondary N) is 1. The second kappa shape index (κ2) is 6.62. The van der Waals surface area contributed by atoms with E-state index in [1.165, 1.54) is 12.1 Å². The summed E-state index contributed by atoms with van der Waals surface area (Å²) in [6.07, 6.45) is 3.04. The molecule has 1 amide bonds. The van der Waals surface area contributed by atoms with E-state index in [1.54, 1.807) is 6.07 Å². The van der Waals surface area contributed by atoms with Crippen molar-refractivity contribution in [2.45, 2.75) is 44.6 Å². The number of amides is 1. The number of nitrogens with zero attached hydrogens (tertiary/aromatic N) is 2. The van der Waals surface area contributed by atoms with Crippen molar-refractivity contribution in [3.8, 4) is 0 Å². The molecular weight excluding hydrogens is 407 g/mol. The van der Waals surface area contributed by atoms with Crippen LogP contribution < -0.4 is 5.32 Å². The molecule has 166 valence electrons. The van der Waals surface area contributed by atoms with Crippen LogP contribution in [0.5, 0.6) is 0 Å². The number of hydrogen-bond acceptors (Lipinski definition) is 4. The lowest BCUT2D eigenvalue weighted by molar-refractivity contribution is -0.139. The summed E-state index contributed by atoms with van der Waals surface area (Å²) >= 11 is 0. The molecule has 3 saturated carbocycles. The van der Waals surface area contributed by atoms with Gasteiger partial charge in [0.05, 0.1) is 0 Å². The fourth-order valence-corrected chi connectivity index (χ4v) is 6.81. The van der Waals surface area contributed by atoms with Crippen LogP contribution in [0.25, 0.3) is 11.1 Å². The average Bonchev–Trinajstić information content (AvgIpc) is 3.18. The van der Waals surface area contributed by atoms with Gasteiger partial charge in [0.15, 0.2) is 5.58 Å². The summed E-state index contributed by atoms with van der Waals surface area (Å²) < 4.78 is 47.0. The lowest BCUT2D eigenvalue weighted by Crippen LogP contribution is -2.50. The Labute approximate surface area is 178 Å². The van der Waals surface area contributed by atoms with E-state index in [2.05, 4.69) is 17.2 Å². The van der Waals surface area contributed by atoms with Gasteiger partial charge in [-0.1, -0.05) is 6.92 Å². The molecule has 3 aliphatic carbocycles. The number of carbonyl (C=O) groups is 1. The molecule has 1 aromatic heterocycles. The van der Waals surface area contributed by atoms with Gasteiger partial charge in [-0.3, -0.25) is 4.79 Å². The Bertz CT molecular complexity index is 1040. The van der Waals surface area contributed by atoms with Gasteiger partial charge in [0.1, 0.15) is 11.3 Å². The topological polar surface area (TPSA) is 58.4 Å². The van der Waals surface area contributed by atoms with Crippen molar-refractivity contribution in [3.05, 3.63) is 24.0 Å². The second-order valence-electron chi connectivity index (χ2n) is 9.85. The van der Waals surface area contributed by atoms with Gasteiger partial charge in [-0.05, 0) is 55.6 Å². The average molecular weight is 433 g/mol. The molecule has 2 heterocycles. The summed E-state index contributed by atoms with van der Waals surface area (Å²) in [6, 6.07) is 4.69. The van der Waals surface area contributed by atoms with Gasteiger partial charge in [0, 0.05) is 43.0 Å². The molecule has 1 aliphatic heterocycles. The summed E-state index contributed by atoms with van der Waals surface area (Å²) in [5.41, 5.74) is 0.991. The largest absolute Gasteiger partial charge is 0.424 e. The molecular formula is C23H26F3N3O2. The number of rotatable bonds is 4. The first kappa shape index (κ1) is 19.4. The van der Waals surface area contributed by atoms with Crippen molar-refractivity contribution in [1.82, 2.24) is 9.88 Å². The number of halogens is 3. The maximum Gasteiger partial charge on any atom is 0.295 e. The highest BCUT2D eigenvalue weighted by atomic mass is 19.3. The van der Waals surface area contributed by atoms with Crippen molar-refractivity contribution in [2.24, 2.45) is 35.5 Å². The van der Waals surface area contributed by atoms with Gasteiger partial charge in [-0.25, -0.2) is 13.2 Å². The zero-order valence-electron chi connectivity index (χ0n) is 17.4. The van der Waals surface area contributed by atoms with E-state index in [1.807, 2.05) is 4.90 Å². The molecule has 7 unspecified atom stereocenters. The van der Waals surface area contributed by atoms with Gasteiger partial charge < -0.3 is 14.6 Å². The van der Waals surface area contributed by atoms with Gasteiger partial charge in [-0.2, -0.15) is 4.98 Å². The molecule has 1 saturated heterocycles. The van der Waals surface area contributed by atoms with Crippen LogP contribution in [0.4, 0.5) is 19.2 Å². The summed E-state index contributed by atoms with van der Waals surface area (Å²) in [5, 5.41) is 3.33. The Morgan fingerprint density at radius 3 is 2.94 bits per heavy atom. The Hall–Kier alpha value is -2.25. The summed E-state index contributed by atoms with van der Waals surface area (Å²) in [6.45, 7) is 3.29. The van der Waals surface area contributed by atoms with Gasteiger partial charge >= 0.3 is 0 Å². The molecule has 31 heavy (non-hydrogen) atoms. The maximum atomic E-state index is 14.0. The zero-order valence-corrected chi connectivity index (χ0v) is 17.4. The van der Waals surface area contributed by atoms with Crippen LogP contribution >= 0.6 is 0 Å². The molecule has 5 nitrogen and oxygen atoms in total. The van der Waals surface area contributed by atoms with E-state index in [-0.39, 0.29) is 41.4 Å². The molecule has 4 aliphatic rings. The van der Waals surface area contributed by atoms with E-state index >= 15 is 0 Å². The number of alkyl halides is 2. The number of anilines is 1. The van der Waals surface area contributed by atoms with Crippen LogP contribution in [-0.4, -0.2) is 40.8 Å². The number of piperidine rings is 1. The Morgan fingerprint density at radius 2 is 2.16 bits per heavy atom. The highest BCUT2D eigenvalue weighted by Crippen LogP contribution is 2.75. The molecule has 4 fully saturated rings. The number of benzene rings is 1. The minimum atomic E-state index is -2.53. The molecule has 7 atom stereocenters. The van der Waals surface area contributed by atoms with Crippen LogP contribution in [-0.2, 0) is 4.79 Å². The molecule has 1 N–H and O–H groups in total. The van der Waals surface area contributed by atoms with Crippen molar-refractivity contribution in [2.75, 3.05) is 18.4 Å². The van der Waals surface area contributed by atoms with E-state index < -0.39 is 17.8 Å². The van der Waals surface area contributed by atoms with E-state index in [0.717, 1.165) is 19.3 Å². The van der Waals surface area contributed by atoms with E-state index in [0.29, 0.717) is 36.6 Å². The van der Waals surface area contributed by atoms with Crippen molar-refractivity contribution in [3.63, 3.8) is 0 Å². The first-order valence-electron chi connectivity index (χ1n) is 11.4. The number of oxazole rings is 1. The number of carbonyl (C=O) groups excluding carboxylic acids is 1. The minimum absolute atomic E-state index is 0.0316. The smallest absolute Gasteiger partial charge is 0.295 e. The van der Waals surface area contributed by atoms with Crippen molar-refractivity contribution in [1.29, 1.82) is 0 Å². The predicted molar refractivity (Wildman–Crippen MR) is 108 cm³/mol. The first-order chi connectivity index (χ1) is 14.9. The highest BCUT2D eigenvalue weighted by molar-refractivity contribution is 5.80. The highest BCUT2D eigenvalue weighted by Gasteiger charge is 2.80. The fourth-order valence-electron chi connectivity index (χ4n) is 6.81. The second-order valence-corrected chi connectivity index (χ2v) is 9.85. The predicted octanol–water partition coefficient (Wildman–Crippen LogP) is 4.54. The monoisotopic (exact) mass is 433 g/mol. The van der Waals surface area contributed by atoms with Crippen molar-refractivity contribution < 1.29 is 22.4 Å². The number of fused-ring (bicyclic) bond motifs is 6. The molecule has 6 rings (SSSR count). The summed E-state index contributed by atoms with van der Waals surface area (Å²) in [7, 11) is 0. The lowest BCUT2D eigenvalue weighted by atomic mass is 9.85. The molecule has 0 spiro atoms. The quantitative estimate of drug-likeness (QED) is 0.769. The van der Waals surface area contributed by atoms with Crippen LogP contribution in [0.3, 0.4) is 0 Å². The summed E-state index contributed by atoms with van der Waals surface area (Å²) in [4.78, 5) is 19.5. The third-order valence-electron chi connectivity index (χ3n) is 8.33. The molecule has 0 radical (unpaired) electrons. The standard InChI is InChI=1S/C23H26F3N3O2/c1-2-11-10-29(21(30)15-8-12-7-14(15)20-19(12)23(20,25)26)6-5-16(11)27-22-28-17-9-13(24)3-4-18(17)31-22/h3-4,9,11-12,14-16,19-20H,2,5-8,10H2,1H3,(H,27,28). The fraction of sp³-hybridized carbons (Fsp3) is 0.652.